The van der Waals surface area contributed by atoms with Crippen molar-refractivity contribution in [1.29, 1.82) is 0 Å². The number of carboxylic acid groups (broad SMARTS) is 1. The molecule has 0 radical (unpaired) electrons. The zero-order valence-corrected chi connectivity index (χ0v) is 11.3. The van der Waals surface area contributed by atoms with Gasteiger partial charge >= 0.3 is 5.97 Å². The molecule has 21 heavy (non-hydrogen) atoms. The Bertz CT molecular complexity index is 573. The summed E-state index contributed by atoms with van der Waals surface area (Å²) in [4.78, 5) is 24.9. The quantitative estimate of drug-likeness (QED) is 0.848. The molecule has 0 bridgehead atoms. The maximum Gasteiger partial charge on any atom is 0.334 e. The van der Waals surface area contributed by atoms with Crippen molar-refractivity contribution >= 4 is 11.9 Å². The van der Waals surface area contributed by atoms with Crippen molar-refractivity contribution in [2.75, 3.05) is 32.9 Å². The van der Waals surface area contributed by atoms with Gasteiger partial charge in [0.25, 0.3) is 5.91 Å². The maximum absolute atomic E-state index is 12.4. The molecule has 2 aliphatic heterocycles. The summed E-state index contributed by atoms with van der Waals surface area (Å²) in [5.74, 6) is -0.144. The normalized spacial score (nSPS) is 21.0. The minimum Gasteiger partial charge on any atom is -0.486 e. The molecule has 1 fully saturated rings. The molecule has 112 valence electrons. The number of ether oxygens (including phenoxy) is 3. The van der Waals surface area contributed by atoms with Gasteiger partial charge in [-0.3, -0.25) is 4.79 Å². The average Bonchev–Trinajstić information content (AvgIpc) is 2.53. The summed E-state index contributed by atoms with van der Waals surface area (Å²) in [6.45, 7) is 1.57. The molecular weight excluding hydrogens is 278 g/mol. The van der Waals surface area contributed by atoms with Crippen LogP contribution >= 0.6 is 0 Å². The van der Waals surface area contributed by atoms with E-state index in [1.165, 1.54) is 4.90 Å². The van der Waals surface area contributed by atoms with Crippen LogP contribution in [-0.2, 0) is 9.53 Å². The van der Waals surface area contributed by atoms with Crippen LogP contribution in [0.2, 0.25) is 0 Å². The average molecular weight is 293 g/mol. The van der Waals surface area contributed by atoms with Gasteiger partial charge in [-0.1, -0.05) is 0 Å². The number of morpholine rings is 1. The van der Waals surface area contributed by atoms with Crippen molar-refractivity contribution in [3.63, 3.8) is 0 Å². The van der Waals surface area contributed by atoms with Gasteiger partial charge in [-0.05, 0) is 18.2 Å². The third kappa shape index (κ3) is 2.78. The first-order chi connectivity index (χ1) is 10.1. The highest BCUT2D eigenvalue weighted by Gasteiger charge is 2.30. The molecule has 0 aliphatic carbocycles. The lowest BCUT2D eigenvalue weighted by Crippen LogP contribution is -2.48. The standard InChI is InChI=1S/C14H15NO6/c16-13(15-3-4-19-12(8-15)14(17)18)9-1-2-10-11(7-9)21-6-5-20-10/h1-2,7,12H,3-6,8H2,(H,17,18)/t12-/m0/s1. The summed E-state index contributed by atoms with van der Waals surface area (Å²) < 4.78 is 16.0. The lowest BCUT2D eigenvalue weighted by Gasteiger charge is -2.31. The molecule has 0 unspecified atom stereocenters. The van der Waals surface area contributed by atoms with Crippen LogP contribution < -0.4 is 9.47 Å². The van der Waals surface area contributed by atoms with Crippen LogP contribution in [0.15, 0.2) is 18.2 Å². The van der Waals surface area contributed by atoms with Gasteiger partial charge in [0.05, 0.1) is 13.2 Å². The van der Waals surface area contributed by atoms with Crippen molar-refractivity contribution < 1.29 is 28.9 Å². The number of carboxylic acids is 1. The summed E-state index contributed by atoms with van der Waals surface area (Å²) in [5, 5.41) is 8.97. The van der Waals surface area contributed by atoms with Crippen molar-refractivity contribution in [2.24, 2.45) is 0 Å². The van der Waals surface area contributed by atoms with Gasteiger partial charge < -0.3 is 24.2 Å². The third-order valence-electron chi connectivity index (χ3n) is 3.42. The van der Waals surface area contributed by atoms with E-state index in [4.69, 9.17) is 19.3 Å². The zero-order valence-electron chi connectivity index (χ0n) is 11.3. The van der Waals surface area contributed by atoms with Crippen molar-refractivity contribution in [2.45, 2.75) is 6.10 Å². The molecule has 1 aromatic carbocycles. The van der Waals surface area contributed by atoms with E-state index in [2.05, 4.69) is 0 Å². The molecule has 0 aromatic heterocycles. The lowest BCUT2D eigenvalue weighted by molar-refractivity contribution is -0.154. The molecule has 7 nitrogen and oxygen atoms in total. The third-order valence-corrected chi connectivity index (χ3v) is 3.42. The van der Waals surface area contributed by atoms with Crippen molar-refractivity contribution in [1.82, 2.24) is 4.90 Å². The number of nitrogens with zero attached hydrogens (tertiary/aromatic N) is 1. The SMILES string of the molecule is O=C(O)[C@@H]1CN(C(=O)c2ccc3c(c2)OCCO3)CCO1. The Labute approximate surface area is 121 Å². The minimum atomic E-state index is -1.06. The van der Waals surface area contributed by atoms with Gasteiger partial charge in [-0.25, -0.2) is 4.79 Å². The minimum absolute atomic E-state index is 0.0443. The Morgan fingerprint density at radius 3 is 2.67 bits per heavy atom. The number of carbonyl (C=O) groups is 2. The number of aliphatic carboxylic acids is 1. The highest BCUT2D eigenvalue weighted by atomic mass is 16.6. The van der Waals surface area contributed by atoms with E-state index in [1.807, 2.05) is 0 Å². The second kappa shape index (κ2) is 5.61. The van der Waals surface area contributed by atoms with Crippen LogP contribution in [0.25, 0.3) is 0 Å². The van der Waals surface area contributed by atoms with Gasteiger partial charge in [-0.2, -0.15) is 0 Å². The van der Waals surface area contributed by atoms with Crippen LogP contribution in [0.1, 0.15) is 10.4 Å². The monoisotopic (exact) mass is 293 g/mol. The van der Waals surface area contributed by atoms with Crippen LogP contribution in [0.5, 0.6) is 11.5 Å². The summed E-state index contributed by atoms with van der Waals surface area (Å²) in [6.07, 6.45) is -0.972. The van der Waals surface area contributed by atoms with Gasteiger partial charge in [0.1, 0.15) is 13.2 Å². The zero-order chi connectivity index (χ0) is 14.8. The first-order valence-corrected chi connectivity index (χ1v) is 6.68. The number of fused-ring (bicyclic) bond motifs is 1. The molecule has 0 spiro atoms. The second-order valence-corrected chi connectivity index (χ2v) is 4.81. The lowest BCUT2D eigenvalue weighted by atomic mass is 10.1. The van der Waals surface area contributed by atoms with Crippen LogP contribution in [0.4, 0.5) is 0 Å². The van der Waals surface area contributed by atoms with Crippen LogP contribution in [0.3, 0.4) is 0 Å². The van der Waals surface area contributed by atoms with E-state index in [0.29, 0.717) is 36.8 Å². The van der Waals surface area contributed by atoms with Gasteiger partial charge in [0, 0.05) is 12.1 Å². The number of benzene rings is 1. The predicted octanol–water partition coefficient (Wildman–Crippen LogP) is 0.383. The molecule has 3 rings (SSSR count). The van der Waals surface area contributed by atoms with Crippen LogP contribution in [-0.4, -0.2) is 60.9 Å². The first-order valence-electron chi connectivity index (χ1n) is 6.68. The van der Waals surface area contributed by atoms with Crippen molar-refractivity contribution in [3.8, 4) is 11.5 Å². The Morgan fingerprint density at radius 2 is 1.90 bits per heavy atom. The molecule has 2 aliphatic rings. The maximum atomic E-state index is 12.4. The molecule has 0 saturated carbocycles. The molecular formula is C14H15NO6. The first kappa shape index (κ1) is 13.7. The molecule has 1 saturated heterocycles. The van der Waals surface area contributed by atoms with E-state index in [-0.39, 0.29) is 19.1 Å². The number of amides is 1. The van der Waals surface area contributed by atoms with E-state index in [9.17, 15) is 9.59 Å². The van der Waals surface area contributed by atoms with Gasteiger partial charge in [0.2, 0.25) is 0 Å². The Kier molecular flexibility index (Phi) is 3.66. The van der Waals surface area contributed by atoms with E-state index >= 15 is 0 Å². The number of rotatable bonds is 2. The van der Waals surface area contributed by atoms with Gasteiger partial charge in [0.15, 0.2) is 17.6 Å². The highest BCUT2D eigenvalue weighted by Crippen LogP contribution is 2.31. The van der Waals surface area contributed by atoms with Crippen molar-refractivity contribution in [3.05, 3.63) is 23.8 Å². The van der Waals surface area contributed by atoms with E-state index in [1.54, 1.807) is 18.2 Å². The fraction of sp³-hybridized carbons (Fsp3) is 0.429. The molecule has 1 atom stereocenters. The van der Waals surface area contributed by atoms with Gasteiger partial charge in [-0.15, -0.1) is 0 Å². The van der Waals surface area contributed by atoms with E-state index < -0.39 is 12.1 Å². The fourth-order valence-corrected chi connectivity index (χ4v) is 2.34. The van der Waals surface area contributed by atoms with E-state index in [0.717, 1.165) is 0 Å². The molecule has 1 amide bonds. The highest BCUT2D eigenvalue weighted by molar-refractivity contribution is 5.95. The summed E-state index contributed by atoms with van der Waals surface area (Å²) in [7, 11) is 0. The summed E-state index contributed by atoms with van der Waals surface area (Å²) in [5.41, 5.74) is 0.449. The predicted molar refractivity (Wildman–Crippen MR) is 70.7 cm³/mol. The largest absolute Gasteiger partial charge is 0.486 e. The topological polar surface area (TPSA) is 85.3 Å². The molecule has 2 heterocycles. The fourth-order valence-electron chi connectivity index (χ4n) is 2.34. The molecule has 1 aromatic rings. The smallest absolute Gasteiger partial charge is 0.334 e. The van der Waals surface area contributed by atoms with Crippen LogP contribution in [0, 0.1) is 0 Å². The Morgan fingerprint density at radius 1 is 1.14 bits per heavy atom. The number of hydrogen-bond donors (Lipinski definition) is 1. The number of hydrogen-bond acceptors (Lipinski definition) is 5. The number of carbonyl (C=O) groups excluding carboxylic acids is 1. The summed E-state index contributed by atoms with van der Waals surface area (Å²) in [6, 6.07) is 4.97. The molecule has 7 heteroatoms. The second-order valence-electron chi connectivity index (χ2n) is 4.81. The molecule has 1 N–H and O–H groups in total. The Balaban J connectivity index is 1.77. The Hall–Kier alpha value is -2.28. The summed E-state index contributed by atoms with van der Waals surface area (Å²) >= 11 is 0.